The molecule has 1 aromatic heterocycles. The molecule has 2 unspecified atom stereocenters. The summed E-state index contributed by atoms with van der Waals surface area (Å²) in [5.74, 6) is 1.92. The fourth-order valence-electron chi connectivity index (χ4n) is 3.87. The lowest BCUT2D eigenvalue weighted by Crippen LogP contribution is -2.52. The highest BCUT2D eigenvalue weighted by Gasteiger charge is 2.37. The third-order valence-electron chi connectivity index (χ3n) is 5.17. The Hall–Kier alpha value is -1.33. The summed E-state index contributed by atoms with van der Waals surface area (Å²) in [4.78, 5) is 15.1. The predicted octanol–water partition coefficient (Wildman–Crippen LogP) is 2.83. The number of hydrogen-bond donors (Lipinski definition) is 1. The normalized spacial score (nSPS) is 27.1. The molecule has 0 aromatic carbocycles. The maximum absolute atomic E-state index is 12.8. The third kappa shape index (κ3) is 3.67. The molecule has 0 spiro atoms. The van der Waals surface area contributed by atoms with E-state index in [1.54, 1.807) is 0 Å². The number of fused-ring (bicyclic) bond motifs is 1. The van der Waals surface area contributed by atoms with Crippen LogP contribution in [-0.2, 0) is 16.0 Å². The Bertz CT molecular complexity index is 606. The number of carbonyl (C=O) groups is 1. The van der Waals surface area contributed by atoms with Gasteiger partial charge in [-0.2, -0.15) is 0 Å². The zero-order chi connectivity index (χ0) is 17.5. The van der Waals surface area contributed by atoms with Crippen LogP contribution in [0.3, 0.4) is 0 Å². The number of aryl methyl sites for hydroxylation is 1. The maximum atomic E-state index is 12.8. The summed E-state index contributed by atoms with van der Waals surface area (Å²) in [6.07, 6.45) is 1.46. The van der Waals surface area contributed by atoms with Crippen LogP contribution in [0.4, 0.5) is 0 Å². The van der Waals surface area contributed by atoms with Gasteiger partial charge < -0.3 is 14.5 Å². The number of ether oxygens (including phenoxy) is 1. The molecule has 1 aliphatic carbocycles. The zero-order valence-corrected chi connectivity index (χ0v) is 15.5. The number of carbonyl (C=O) groups excluding carboxylic acids is 1. The van der Waals surface area contributed by atoms with Crippen LogP contribution >= 0.6 is 0 Å². The molecule has 5 nitrogen and oxygen atoms in total. The van der Waals surface area contributed by atoms with Gasteiger partial charge in [0.2, 0.25) is 0 Å². The number of furan rings is 1. The minimum atomic E-state index is -0.386. The lowest BCUT2D eigenvalue weighted by Gasteiger charge is -2.37. The van der Waals surface area contributed by atoms with Crippen molar-refractivity contribution in [3.05, 3.63) is 23.2 Å². The maximum Gasteiger partial charge on any atom is 0.250 e. The van der Waals surface area contributed by atoms with E-state index in [0.29, 0.717) is 19.2 Å². The van der Waals surface area contributed by atoms with Crippen LogP contribution in [0.5, 0.6) is 0 Å². The molecule has 1 aliphatic heterocycles. The van der Waals surface area contributed by atoms with Crippen molar-refractivity contribution in [1.82, 2.24) is 10.2 Å². The molecule has 0 bridgehead atoms. The van der Waals surface area contributed by atoms with Crippen LogP contribution < -0.4 is 5.32 Å². The van der Waals surface area contributed by atoms with Gasteiger partial charge in [0.25, 0.3) is 5.91 Å². The molecule has 1 amide bonds. The van der Waals surface area contributed by atoms with Crippen LogP contribution in [0.15, 0.2) is 10.5 Å². The summed E-state index contributed by atoms with van der Waals surface area (Å²) >= 11 is 0. The molecule has 5 heteroatoms. The molecule has 2 aliphatic rings. The summed E-state index contributed by atoms with van der Waals surface area (Å²) in [6, 6.07) is 2.50. The summed E-state index contributed by atoms with van der Waals surface area (Å²) in [7, 11) is 0. The Kier molecular flexibility index (Phi) is 4.76. The molecule has 1 saturated heterocycles. The first-order valence-electron chi connectivity index (χ1n) is 9.00. The van der Waals surface area contributed by atoms with Crippen molar-refractivity contribution in [3.63, 3.8) is 0 Å². The van der Waals surface area contributed by atoms with Crippen molar-refractivity contribution in [2.24, 2.45) is 5.41 Å². The van der Waals surface area contributed by atoms with Gasteiger partial charge >= 0.3 is 0 Å². The molecular formula is C19H30N2O3. The van der Waals surface area contributed by atoms with Crippen LogP contribution in [0.2, 0.25) is 0 Å². The van der Waals surface area contributed by atoms with Crippen molar-refractivity contribution >= 4 is 5.91 Å². The summed E-state index contributed by atoms with van der Waals surface area (Å²) in [6.45, 7) is 12.9. The number of rotatable bonds is 3. The first kappa shape index (κ1) is 17.5. The Morgan fingerprint density at radius 1 is 1.42 bits per heavy atom. The average Bonchev–Trinajstić information content (AvgIpc) is 2.86. The summed E-state index contributed by atoms with van der Waals surface area (Å²) in [5.41, 5.74) is 1.25. The number of amides is 1. The van der Waals surface area contributed by atoms with E-state index < -0.39 is 0 Å². The Labute approximate surface area is 144 Å². The lowest BCUT2D eigenvalue weighted by molar-refractivity contribution is -0.140. The molecule has 0 saturated carbocycles. The van der Waals surface area contributed by atoms with Crippen LogP contribution in [0.1, 0.15) is 57.2 Å². The van der Waals surface area contributed by atoms with E-state index >= 15 is 0 Å². The van der Waals surface area contributed by atoms with Gasteiger partial charge in [0.15, 0.2) is 0 Å². The minimum Gasteiger partial charge on any atom is -0.466 e. The van der Waals surface area contributed by atoms with Crippen molar-refractivity contribution < 1.29 is 13.9 Å². The van der Waals surface area contributed by atoms with Crippen molar-refractivity contribution in [2.75, 3.05) is 19.7 Å². The van der Waals surface area contributed by atoms with E-state index in [9.17, 15) is 4.79 Å². The second-order valence-corrected chi connectivity index (χ2v) is 8.29. The average molecular weight is 334 g/mol. The van der Waals surface area contributed by atoms with Gasteiger partial charge in [0.1, 0.15) is 17.6 Å². The first-order valence-corrected chi connectivity index (χ1v) is 9.00. The quantitative estimate of drug-likeness (QED) is 0.923. The smallest absolute Gasteiger partial charge is 0.250 e. The highest BCUT2D eigenvalue weighted by Crippen LogP contribution is 2.42. The molecule has 1 fully saturated rings. The zero-order valence-electron chi connectivity index (χ0n) is 15.5. The molecule has 2 atom stereocenters. The highest BCUT2D eigenvalue weighted by atomic mass is 16.5. The van der Waals surface area contributed by atoms with Gasteiger partial charge in [-0.05, 0) is 38.7 Å². The van der Waals surface area contributed by atoms with Crippen molar-refractivity contribution in [1.29, 1.82) is 0 Å². The molecule has 1 aromatic rings. The van der Waals surface area contributed by atoms with Gasteiger partial charge in [0.05, 0.1) is 12.6 Å². The van der Waals surface area contributed by atoms with E-state index in [0.717, 1.165) is 36.5 Å². The number of nitrogens with one attached hydrogen (secondary N) is 1. The Morgan fingerprint density at radius 3 is 2.88 bits per heavy atom. The number of morpholine rings is 1. The fraction of sp³-hybridized carbons (Fsp3) is 0.737. The largest absolute Gasteiger partial charge is 0.466 e. The van der Waals surface area contributed by atoms with Gasteiger partial charge in [0, 0.05) is 31.1 Å². The minimum absolute atomic E-state index is 0.00623. The molecule has 2 heterocycles. The van der Waals surface area contributed by atoms with Crippen LogP contribution in [0.25, 0.3) is 0 Å². The van der Waals surface area contributed by atoms with Gasteiger partial charge in [-0.3, -0.25) is 9.69 Å². The second-order valence-electron chi connectivity index (χ2n) is 8.29. The third-order valence-corrected chi connectivity index (χ3v) is 5.17. The van der Waals surface area contributed by atoms with Gasteiger partial charge in [-0.15, -0.1) is 0 Å². The standard InChI is InChI=1S/C19H30N2O3/c1-12(2)21-6-7-23-17(11-21)18(22)20-15-9-19(4,5)10-16-14(15)8-13(3)24-16/h8,12,15,17H,6-7,9-11H2,1-5H3,(H,20,22). The van der Waals surface area contributed by atoms with Gasteiger partial charge in [-0.1, -0.05) is 13.8 Å². The SMILES string of the molecule is Cc1cc2c(o1)CC(C)(C)CC2NC(=O)C1CN(C(C)C)CCO1. The molecular weight excluding hydrogens is 304 g/mol. The monoisotopic (exact) mass is 334 g/mol. The first-order chi connectivity index (χ1) is 11.2. The summed E-state index contributed by atoms with van der Waals surface area (Å²) in [5, 5.41) is 3.22. The fourth-order valence-corrected chi connectivity index (χ4v) is 3.87. The number of hydrogen-bond acceptors (Lipinski definition) is 4. The summed E-state index contributed by atoms with van der Waals surface area (Å²) < 4.78 is 11.6. The van der Waals surface area contributed by atoms with Crippen molar-refractivity contribution in [3.8, 4) is 0 Å². The molecule has 134 valence electrons. The lowest BCUT2D eigenvalue weighted by atomic mass is 9.74. The van der Waals surface area contributed by atoms with E-state index in [2.05, 4.69) is 44.0 Å². The van der Waals surface area contributed by atoms with Crippen LogP contribution in [-0.4, -0.2) is 42.6 Å². The molecule has 3 rings (SSSR count). The van der Waals surface area contributed by atoms with E-state index in [-0.39, 0.29) is 23.5 Å². The predicted molar refractivity (Wildman–Crippen MR) is 92.9 cm³/mol. The topological polar surface area (TPSA) is 54.7 Å². The molecule has 24 heavy (non-hydrogen) atoms. The Balaban J connectivity index is 1.72. The van der Waals surface area contributed by atoms with Gasteiger partial charge in [-0.25, -0.2) is 0 Å². The van der Waals surface area contributed by atoms with E-state index in [1.807, 2.05) is 6.92 Å². The van der Waals surface area contributed by atoms with Crippen LogP contribution in [0, 0.1) is 12.3 Å². The highest BCUT2D eigenvalue weighted by molar-refractivity contribution is 5.81. The van der Waals surface area contributed by atoms with Crippen molar-refractivity contribution in [2.45, 2.75) is 65.6 Å². The number of nitrogens with zero attached hydrogens (tertiary/aromatic N) is 1. The van der Waals surface area contributed by atoms with E-state index in [4.69, 9.17) is 9.15 Å². The second kappa shape index (κ2) is 6.52. The molecule has 1 N–H and O–H groups in total. The molecule has 0 radical (unpaired) electrons. The Morgan fingerprint density at radius 2 is 2.17 bits per heavy atom. The van der Waals surface area contributed by atoms with E-state index in [1.165, 1.54) is 0 Å².